The van der Waals surface area contributed by atoms with Gasteiger partial charge in [-0.2, -0.15) is 31.0 Å². The van der Waals surface area contributed by atoms with Crippen LogP contribution in [-0.2, 0) is 10.2 Å². The maximum Gasteiger partial charge on any atom is 0.402 e. The fourth-order valence-corrected chi connectivity index (χ4v) is 3.16. The first kappa shape index (κ1) is 17.6. The van der Waals surface area contributed by atoms with Crippen molar-refractivity contribution in [3.05, 3.63) is 0 Å². The van der Waals surface area contributed by atoms with E-state index in [9.17, 15) is 21.6 Å². The third-order valence-electron chi connectivity index (χ3n) is 2.75. The van der Waals surface area contributed by atoms with Gasteiger partial charge in [0.1, 0.15) is 6.54 Å². The fraction of sp³-hybridized carbons (Fsp3) is 0.889. The summed E-state index contributed by atoms with van der Waals surface area (Å²) in [5.41, 5.74) is 5.40. The summed E-state index contributed by atoms with van der Waals surface area (Å²) in [6.07, 6.45) is -3.58. The summed E-state index contributed by atoms with van der Waals surface area (Å²) in [5, 5.41) is 0. The van der Waals surface area contributed by atoms with Crippen LogP contribution in [0.4, 0.5) is 13.2 Å². The maximum absolute atomic E-state index is 12.0. The van der Waals surface area contributed by atoms with Crippen LogP contribution in [0, 0.1) is 0 Å². The zero-order valence-electron chi connectivity index (χ0n) is 10.6. The highest BCUT2D eigenvalue weighted by Gasteiger charge is 2.30. The Morgan fingerprint density at radius 1 is 1.35 bits per heavy atom. The second-order valence-electron chi connectivity index (χ2n) is 4.57. The van der Waals surface area contributed by atoms with Gasteiger partial charge in [-0.15, -0.1) is 0 Å². The third-order valence-corrected chi connectivity index (χ3v) is 4.05. The number of nitrogens with two attached hydrogens (primary N) is 1. The summed E-state index contributed by atoms with van der Waals surface area (Å²) < 4.78 is 62.4. The number of halogens is 3. The average molecular weight is 334 g/mol. The van der Waals surface area contributed by atoms with E-state index in [1.54, 1.807) is 0 Å². The SMILES string of the molecule is NC(=S)CN1CCC(NS(=O)(=O)NCC(F)(F)F)CC1. The van der Waals surface area contributed by atoms with E-state index >= 15 is 0 Å². The van der Waals surface area contributed by atoms with Crippen LogP contribution in [0.2, 0.25) is 0 Å². The zero-order valence-corrected chi connectivity index (χ0v) is 12.2. The molecule has 0 bridgehead atoms. The van der Waals surface area contributed by atoms with E-state index in [-0.39, 0.29) is 6.04 Å². The molecule has 0 aromatic carbocycles. The molecular weight excluding hydrogens is 317 g/mol. The molecule has 1 aliphatic heterocycles. The van der Waals surface area contributed by atoms with Gasteiger partial charge >= 0.3 is 6.18 Å². The maximum atomic E-state index is 12.0. The molecule has 20 heavy (non-hydrogen) atoms. The molecule has 1 aliphatic rings. The number of hydrogen-bond donors (Lipinski definition) is 3. The van der Waals surface area contributed by atoms with Gasteiger partial charge in [0.25, 0.3) is 10.2 Å². The van der Waals surface area contributed by atoms with Crippen LogP contribution in [-0.4, -0.2) is 56.7 Å². The van der Waals surface area contributed by atoms with Gasteiger partial charge in [0.05, 0.1) is 4.99 Å². The Morgan fingerprint density at radius 3 is 2.35 bits per heavy atom. The normalized spacial score (nSPS) is 19.1. The van der Waals surface area contributed by atoms with Gasteiger partial charge in [-0.05, 0) is 12.8 Å². The van der Waals surface area contributed by atoms with E-state index in [1.807, 2.05) is 4.90 Å². The molecule has 0 unspecified atom stereocenters. The Balaban J connectivity index is 2.37. The molecule has 0 spiro atoms. The third kappa shape index (κ3) is 7.33. The molecule has 1 saturated heterocycles. The summed E-state index contributed by atoms with van der Waals surface area (Å²) in [6, 6.07) is -0.386. The monoisotopic (exact) mass is 334 g/mol. The Morgan fingerprint density at radius 2 is 1.90 bits per heavy atom. The van der Waals surface area contributed by atoms with E-state index in [0.717, 1.165) is 0 Å². The Kier molecular flexibility index (Phi) is 6.13. The minimum absolute atomic E-state index is 0.357. The van der Waals surface area contributed by atoms with Crippen molar-refractivity contribution in [2.24, 2.45) is 5.73 Å². The number of piperidine rings is 1. The molecule has 0 atom stereocenters. The Hall–Kier alpha value is -0.490. The quantitative estimate of drug-likeness (QED) is 0.582. The lowest BCUT2D eigenvalue weighted by Gasteiger charge is -2.31. The predicted molar refractivity (Wildman–Crippen MR) is 72.4 cm³/mol. The molecular formula is C9H17F3N4O2S2. The van der Waals surface area contributed by atoms with Crippen molar-refractivity contribution in [1.82, 2.24) is 14.3 Å². The number of rotatable bonds is 6. The lowest BCUT2D eigenvalue weighted by molar-refractivity contribution is -0.121. The van der Waals surface area contributed by atoms with Crippen LogP contribution < -0.4 is 15.2 Å². The van der Waals surface area contributed by atoms with Crippen molar-refractivity contribution in [1.29, 1.82) is 0 Å². The van der Waals surface area contributed by atoms with Gasteiger partial charge in [-0.1, -0.05) is 12.2 Å². The molecule has 0 aromatic rings. The predicted octanol–water partition coefficient (Wildman–Crippen LogP) is -0.277. The van der Waals surface area contributed by atoms with Crippen molar-refractivity contribution >= 4 is 27.4 Å². The van der Waals surface area contributed by atoms with E-state index in [2.05, 4.69) is 4.72 Å². The molecule has 1 rings (SSSR count). The van der Waals surface area contributed by atoms with Gasteiger partial charge in [0.2, 0.25) is 0 Å². The van der Waals surface area contributed by atoms with Crippen molar-refractivity contribution in [3.63, 3.8) is 0 Å². The highest BCUT2D eigenvalue weighted by Crippen LogP contribution is 2.13. The van der Waals surface area contributed by atoms with Crippen molar-refractivity contribution in [2.45, 2.75) is 25.1 Å². The largest absolute Gasteiger partial charge is 0.402 e. The smallest absolute Gasteiger partial charge is 0.392 e. The summed E-state index contributed by atoms with van der Waals surface area (Å²) in [6.45, 7) is 0.0529. The number of nitrogens with zero attached hydrogens (tertiary/aromatic N) is 1. The van der Waals surface area contributed by atoms with Crippen molar-refractivity contribution < 1.29 is 21.6 Å². The molecule has 0 amide bonds. The molecule has 0 aliphatic carbocycles. The summed E-state index contributed by atoms with van der Waals surface area (Å²) in [7, 11) is -4.14. The minimum atomic E-state index is -4.57. The number of thiocarbonyl (C=S) groups is 1. The van der Waals surface area contributed by atoms with Crippen LogP contribution in [0.25, 0.3) is 0 Å². The Bertz CT molecular complexity index is 433. The summed E-state index contributed by atoms with van der Waals surface area (Å²) in [4.78, 5) is 2.33. The van der Waals surface area contributed by atoms with Gasteiger partial charge in [-0.3, -0.25) is 4.90 Å². The van der Waals surface area contributed by atoms with E-state index < -0.39 is 22.9 Å². The molecule has 1 fully saturated rings. The molecule has 6 nitrogen and oxygen atoms in total. The van der Waals surface area contributed by atoms with E-state index in [4.69, 9.17) is 18.0 Å². The molecule has 0 radical (unpaired) electrons. The second kappa shape index (κ2) is 6.98. The van der Waals surface area contributed by atoms with Crippen LogP contribution >= 0.6 is 12.2 Å². The highest BCUT2D eigenvalue weighted by atomic mass is 32.2. The topological polar surface area (TPSA) is 87.5 Å². The molecule has 118 valence electrons. The van der Waals surface area contributed by atoms with E-state index in [1.165, 1.54) is 4.72 Å². The second-order valence-corrected chi connectivity index (χ2v) is 6.63. The van der Waals surface area contributed by atoms with Crippen LogP contribution in [0.3, 0.4) is 0 Å². The van der Waals surface area contributed by atoms with Gasteiger partial charge in [0.15, 0.2) is 0 Å². The molecule has 0 aromatic heterocycles. The minimum Gasteiger partial charge on any atom is -0.392 e. The lowest BCUT2D eigenvalue weighted by atomic mass is 10.1. The zero-order chi connectivity index (χ0) is 15.4. The number of nitrogens with one attached hydrogen (secondary N) is 2. The summed E-state index contributed by atoms with van der Waals surface area (Å²) in [5.74, 6) is 0. The first-order valence-electron chi connectivity index (χ1n) is 5.92. The number of likely N-dealkylation sites (tertiary alicyclic amines) is 1. The van der Waals surface area contributed by atoms with Gasteiger partial charge in [-0.25, -0.2) is 0 Å². The first-order valence-corrected chi connectivity index (χ1v) is 7.81. The molecule has 4 N–H and O–H groups in total. The number of alkyl halides is 3. The Labute approximate surface area is 121 Å². The lowest BCUT2D eigenvalue weighted by Crippen LogP contribution is -2.50. The molecule has 0 saturated carbocycles. The van der Waals surface area contributed by atoms with E-state index in [0.29, 0.717) is 37.5 Å². The van der Waals surface area contributed by atoms with Crippen LogP contribution in [0.5, 0.6) is 0 Å². The van der Waals surface area contributed by atoms with Gasteiger partial charge < -0.3 is 5.73 Å². The average Bonchev–Trinajstić information content (AvgIpc) is 2.28. The van der Waals surface area contributed by atoms with Gasteiger partial charge in [0, 0.05) is 25.7 Å². The van der Waals surface area contributed by atoms with Crippen molar-refractivity contribution in [2.75, 3.05) is 26.2 Å². The van der Waals surface area contributed by atoms with Crippen molar-refractivity contribution in [3.8, 4) is 0 Å². The number of hydrogen-bond acceptors (Lipinski definition) is 4. The molecule has 11 heteroatoms. The molecule has 1 heterocycles. The fourth-order valence-electron chi connectivity index (χ4n) is 1.87. The standard InChI is InChI=1S/C9H17F3N4O2S2/c10-9(11,12)6-14-20(17,18)15-7-1-3-16(4-2-7)5-8(13)19/h7,14-15H,1-6H2,(H2,13,19). The summed E-state index contributed by atoms with van der Waals surface area (Å²) >= 11 is 4.77. The highest BCUT2D eigenvalue weighted by molar-refractivity contribution is 7.87. The van der Waals surface area contributed by atoms with Crippen LogP contribution in [0.15, 0.2) is 0 Å². The van der Waals surface area contributed by atoms with Crippen LogP contribution in [0.1, 0.15) is 12.8 Å². The first-order chi connectivity index (χ1) is 9.07.